The summed E-state index contributed by atoms with van der Waals surface area (Å²) >= 11 is 0. The van der Waals surface area contributed by atoms with Gasteiger partial charge in [0.05, 0.1) is 5.52 Å². The predicted octanol–water partition coefficient (Wildman–Crippen LogP) is 5.30. The van der Waals surface area contributed by atoms with Gasteiger partial charge in [-0.05, 0) is 36.6 Å². The van der Waals surface area contributed by atoms with Crippen molar-refractivity contribution >= 4 is 34.3 Å². The van der Waals surface area contributed by atoms with Gasteiger partial charge in [0.25, 0.3) is 5.91 Å². The molecule has 0 spiro atoms. The van der Waals surface area contributed by atoms with Crippen LogP contribution in [-0.4, -0.2) is 36.6 Å². The highest BCUT2D eigenvalue weighted by Crippen LogP contribution is 2.29. The van der Waals surface area contributed by atoms with Crippen LogP contribution < -0.4 is 10.2 Å². The van der Waals surface area contributed by atoms with E-state index in [1.165, 1.54) is 0 Å². The molecule has 3 aromatic carbocycles. The van der Waals surface area contributed by atoms with Crippen molar-refractivity contribution < 1.29 is 14.3 Å². The summed E-state index contributed by atoms with van der Waals surface area (Å²) < 4.78 is 5.44. The van der Waals surface area contributed by atoms with Gasteiger partial charge in [0, 0.05) is 29.7 Å². The Morgan fingerprint density at radius 1 is 0.882 bits per heavy atom. The summed E-state index contributed by atoms with van der Waals surface area (Å²) in [7, 11) is 0. The lowest BCUT2D eigenvalue weighted by Gasteiger charge is -2.20. The van der Waals surface area contributed by atoms with Crippen molar-refractivity contribution in [2.24, 2.45) is 0 Å². The Morgan fingerprint density at radius 2 is 1.59 bits per heavy atom. The number of benzene rings is 3. The van der Waals surface area contributed by atoms with Gasteiger partial charge in [0.1, 0.15) is 11.4 Å². The van der Waals surface area contributed by atoms with Crippen molar-refractivity contribution in [3.05, 3.63) is 90.5 Å². The lowest BCUT2D eigenvalue weighted by molar-refractivity contribution is -0.119. The molecule has 0 atom stereocenters. The largest absolute Gasteiger partial charge is 0.452 e. The van der Waals surface area contributed by atoms with Gasteiger partial charge in [-0.1, -0.05) is 66.7 Å². The van der Waals surface area contributed by atoms with Crippen LogP contribution in [-0.2, 0) is 9.53 Å². The monoisotopic (exact) mass is 451 g/mol. The lowest BCUT2D eigenvalue weighted by Crippen LogP contribution is -2.25. The smallest absolute Gasteiger partial charge is 0.342 e. The minimum absolute atomic E-state index is 0.381. The van der Waals surface area contributed by atoms with Crippen molar-refractivity contribution in [1.82, 2.24) is 4.98 Å². The third-order valence-electron chi connectivity index (χ3n) is 5.95. The maximum atomic E-state index is 13.0. The summed E-state index contributed by atoms with van der Waals surface area (Å²) in [4.78, 5) is 32.6. The second-order valence-corrected chi connectivity index (χ2v) is 8.28. The Labute approximate surface area is 198 Å². The molecular weight excluding hydrogens is 426 g/mol. The molecule has 0 saturated carbocycles. The number of hydrogen-bond donors (Lipinski definition) is 1. The van der Waals surface area contributed by atoms with E-state index < -0.39 is 11.9 Å². The zero-order valence-electron chi connectivity index (χ0n) is 18.7. The van der Waals surface area contributed by atoms with Crippen molar-refractivity contribution in [2.75, 3.05) is 29.9 Å². The molecule has 1 N–H and O–H groups in total. The molecule has 0 bridgehead atoms. The van der Waals surface area contributed by atoms with Crippen LogP contribution >= 0.6 is 0 Å². The maximum absolute atomic E-state index is 13.0. The van der Waals surface area contributed by atoms with Crippen molar-refractivity contribution in [1.29, 1.82) is 0 Å². The molecule has 34 heavy (non-hydrogen) atoms. The maximum Gasteiger partial charge on any atom is 0.342 e. The first-order chi connectivity index (χ1) is 16.7. The second-order valence-electron chi connectivity index (χ2n) is 8.28. The minimum Gasteiger partial charge on any atom is -0.452 e. The Hall–Kier alpha value is -4.19. The van der Waals surface area contributed by atoms with Crippen molar-refractivity contribution in [2.45, 2.75) is 12.8 Å². The molecule has 0 unspecified atom stereocenters. The number of fused-ring (bicyclic) bond motifs is 1. The van der Waals surface area contributed by atoms with Crippen molar-refractivity contribution in [3.63, 3.8) is 0 Å². The summed E-state index contributed by atoms with van der Waals surface area (Å²) in [5, 5.41) is 3.73. The van der Waals surface area contributed by atoms with Gasteiger partial charge in [0.15, 0.2) is 6.61 Å². The molecule has 1 aliphatic heterocycles. The number of esters is 1. The Bertz CT molecular complexity index is 1330. The number of amides is 1. The normalized spacial score (nSPS) is 13.1. The van der Waals surface area contributed by atoms with E-state index in [1.807, 2.05) is 78.9 Å². The van der Waals surface area contributed by atoms with Gasteiger partial charge in [-0.25, -0.2) is 9.78 Å². The molecule has 5 rings (SSSR count). The number of pyridine rings is 1. The third-order valence-corrected chi connectivity index (χ3v) is 5.95. The minimum atomic E-state index is -0.549. The summed E-state index contributed by atoms with van der Waals surface area (Å²) in [5.74, 6) is -0.323. The molecule has 6 heteroatoms. The van der Waals surface area contributed by atoms with Crippen molar-refractivity contribution in [3.8, 4) is 11.1 Å². The van der Waals surface area contributed by atoms with Crippen LogP contribution in [0, 0.1) is 0 Å². The number of carbonyl (C=O) groups excluding carboxylic acids is 2. The zero-order valence-corrected chi connectivity index (χ0v) is 18.7. The van der Waals surface area contributed by atoms with E-state index in [2.05, 4.69) is 10.2 Å². The highest BCUT2D eigenvalue weighted by Gasteiger charge is 2.23. The average Bonchev–Trinajstić information content (AvgIpc) is 3.42. The summed E-state index contributed by atoms with van der Waals surface area (Å²) in [6, 6.07) is 26.9. The predicted molar refractivity (Wildman–Crippen MR) is 134 cm³/mol. The van der Waals surface area contributed by atoms with Crippen LogP contribution in [0.1, 0.15) is 23.2 Å². The molecule has 1 fully saturated rings. The van der Waals surface area contributed by atoms with Crippen LogP contribution in [0.15, 0.2) is 84.9 Å². The first-order valence-electron chi connectivity index (χ1n) is 11.5. The Balaban J connectivity index is 1.32. The number of nitrogens with zero attached hydrogens (tertiary/aromatic N) is 2. The summed E-state index contributed by atoms with van der Waals surface area (Å²) in [6.45, 7) is 1.32. The van der Waals surface area contributed by atoms with E-state index >= 15 is 0 Å². The first-order valence-corrected chi connectivity index (χ1v) is 11.5. The number of aromatic nitrogens is 1. The number of anilines is 2. The molecule has 0 radical (unpaired) electrons. The van der Waals surface area contributed by atoms with Gasteiger partial charge >= 0.3 is 5.97 Å². The first kappa shape index (κ1) is 21.6. The van der Waals surface area contributed by atoms with Gasteiger partial charge in [-0.15, -0.1) is 0 Å². The Kier molecular flexibility index (Phi) is 6.21. The molecule has 1 aliphatic rings. The van der Waals surface area contributed by atoms with E-state index in [-0.39, 0.29) is 6.61 Å². The number of hydrogen-bond acceptors (Lipinski definition) is 5. The molecule has 4 aromatic rings. The zero-order chi connectivity index (χ0) is 23.3. The molecule has 6 nitrogen and oxygen atoms in total. The fourth-order valence-corrected chi connectivity index (χ4v) is 4.28. The fraction of sp³-hybridized carbons (Fsp3) is 0.179. The number of para-hydroxylation sites is 2. The average molecular weight is 452 g/mol. The van der Waals surface area contributed by atoms with E-state index in [0.717, 1.165) is 48.0 Å². The van der Waals surface area contributed by atoms with E-state index in [9.17, 15) is 9.59 Å². The summed E-state index contributed by atoms with van der Waals surface area (Å²) in [6.07, 6.45) is 2.12. The number of ether oxygens (including phenoxy) is 1. The third kappa shape index (κ3) is 4.62. The molecular formula is C28H25N3O3. The van der Waals surface area contributed by atoms with E-state index in [1.54, 1.807) is 6.07 Å². The Morgan fingerprint density at radius 3 is 2.41 bits per heavy atom. The summed E-state index contributed by atoms with van der Waals surface area (Å²) in [5.41, 5.74) is 3.78. The highest BCUT2D eigenvalue weighted by molar-refractivity contribution is 6.02. The molecule has 0 aliphatic carbocycles. The second kappa shape index (κ2) is 9.75. The number of carbonyl (C=O) groups is 2. The molecule has 170 valence electrons. The lowest BCUT2D eigenvalue weighted by atomic mass is 10.0. The highest BCUT2D eigenvalue weighted by atomic mass is 16.5. The standard InChI is InChI=1S/C28H25N3O3/c32-26(29-25-15-7-5-13-22(25)20-10-2-1-3-11-20)19-34-28(33)23-18-21-12-4-6-14-24(21)30-27(23)31-16-8-9-17-31/h1-7,10-15,18H,8-9,16-17,19H2,(H,29,32). The van der Waals surface area contributed by atoms with Gasteiger partial charge in [0.2, 0.25) is 0 Å². The fourth-order valence-electron chi connectivity index (χ4n) is 4.28. The number of rotatable bonds is 6. The van der Waals surface area contributed by atoms with Gasteiger partial charge in [-0.3, -0.25) is 4.79 Å². The molecule has 1 saturated heterocycles. The number of nitrogens with one attached hydrogen (secondary N) is 1. The van der Waals surface area contributed by atoms with Gasteiger partial charge in [-0.2, -0.15) is 0 Å². The molecule has 1 aromatic heterocycles. The quantitative estimate of drug-likeness (QED) is 0.403. The van der Waals surface area contributed by atoms with Crippen LogP contribution in [0.3, 0.4) is 0 Å². The molecule has 2 heterocycles. The van der Waals surface area contributed by atoms with Crippen LogP contribution in [0.5, 0.6) is 0 Å². The van der Waals surface area contributed by atoms with E-state index in [0.29, 0.717) is 17.1 Å². The van der Waals surface area contributed by atoms with Gasteiger partial charge < -0.3 is 15.0 Å². The van der Waals surface area contributed by atoms with Crippen LogP contribution in [0.25, 0.3) is 22.0 Å². The van der Waals surface area contributed by atoms with E-state index in [4.69, 9.17) is 9.72 Å². The van der Waals surface area contributed by atoms with Crippen LogP contribution in [0.4, 0.5) is 11.5 Å². The topological polar surface area (TPSA) is 71.5 Å². The van der Waals surface area contributed by atoms with Crippen LogP contribution in [0.2, 0.25) is 0 Å². The SMILES string of the molecule is O=C(COC(=O)c1cc2ccccc2nc1N1CCCC1)Nc1ccccc1-c1ccccc1. The molecule has 1 amide bonds.